The molecule has 1 aromatic rings. The normalized spacial score (nSPS) is 18.9. The van der Waals surface area contributed by atoms with Crippen LogP contribution >= 0.6 is 0 Å². The lowest BCUT2D eigenvalue weighted by Crippen LogP contribution is -2.35. The van der Waals surface area contributed by atoms with Gasteiger partial charge in [-0.3, -0.25) is 0 Å². The van der Waals surface area contributed by atoms with Crippen molar-refractivity contribution in [3.05, 3.63) is 23.8 Å². The number of hydrogen-bond acceptors (Lipinski definition) is 5. The van der Waals surface area contributed by atoms with Gasteiger partial charge < -0.3 is 9.64 Å². The Hall–Kier alpha value is -1.89. The Morgan fingerprint density at radius 2 is 2.12 bits per heavy atom. The van der Waals surface area contributed by atoms with Crippen molar-refractivity contribution in [2.45, 2.75) is 50.3 Å². The molecule has 2 aliphatic rings. The van der Waals surface area contributed by atoms with Crippen LogP contribution in [0.1, 0.15) is 55.8 Å². The van der Waals surface area contributed by atoms with E-state index < -0.39 is 16.0 Å². The number of unbranched alkanes of at least 4 members (excludes halogenated alkanes) is 1. The minimum atomic E-state index is -3.77. The van der Waals surface area contributed by atoms with Crippen molar-refractivity contribution in [2.75, 3.05) is 18.1 Å². The van der Waals surface area contributed by atoms with Crippen molar-refractivity contribution in [2.24, 2.45) is 4.40 Å². The maximum atomic E-state index is 12.5. The number of rotatable bonds is 4. The lowest BCUT2D eigenvalue weighted by molar-refractivity contribution is 0.0499. The van der Waals surface area contributed by atoms with Crippen LogP contribution in [0.2, 0.25) is 0 Å². The van der Waals surface area contributed by atoms with Gasteiger partial charge in [-0.15, -0.1) is 4.40 Å². The largest absolute Gasteiger partial charge is 0.462 e. The predicted molar refractivity (Wildman–Crippen MR) is 92.1 cm³/mol. The second kappa shape index (κ2) is 6.93. The van der Waals surface area contributed by atoms with Gasteiger partial charge >= 0.3 is 5.97 Å². The molecule has 0 unspecified atom stereocenters. The van der Waals surface area contributed by atoms with Gasteiger partial charge in [0.25, 0.3) is 10.0 Å². The average Bonchev–Trinajstić information content (AvgIpc) is 2.79. The van der Waals surface area contributed by atoms with E-state index in [1.165, 1.54) is 6.07 Å². The summed E-state index contributed by atoms with van der Waals surface area (Å²) in [4.78, 5) is 14.2. The zero-order valence-corrected chi connectivity index (χ0v) is 14.6. The van der Waals surface area contributed by atoms with E-state index in [2.05, 4.69) is 4.40 Å². The first-order valence-corrected chi connectivity index (χ1v) is 9.89. The summed E-state index contributed by atoms with van der Waals surface area (Å²) in [5.74, 6) is 0.116. The van der Waals surface area contributed by atoms with E-state index in [-0.39, 0.29) is 10.5 Å². The van der Waals surface area contributed by atoms with E-state index in [0.717, 1.165) is 38.6 Å². The number of hydrogen-bond donors (Lipinski definition) is 0. The van der Waals surface area contributed by atoms with E-state index in [4.69, 9.17) is 4.74 Å². The third-order valence-corrected chi connectivity index (χ3v) is 5.65. The Labute approximate surface area is 142 Å². The van der Waals surface area contributed by atoms with Crippen molar-refractivity contribution in [3.63, 3.8) is 0 Å². The third-order valence-electron chi connectivity index (χ3n) is 4.31. The highest BCUT2D eigenvalue weighted by Gasteiger charge is 2.32. The van der Waals surface area contributed by atoms with Crippen LogP contribution in [-0.2, 0) is 14.8 Å². The van der Waals surface area contributed by atoms with Gasteiger partial charge in [-0.1, -0.05) is 19.8 Å². The molecule has 7 heteroatoms. The van der Waals surface area contributed by atoms with Gasteiger partial charge in [0.2, 0.25) is 0 Å². The van der Waals surface area contributed by atoms with E-state index in [1.54, 1.807) is 12.1 Å². The van der Waals surface area contributed by atoms with Gasteiger partial charge in [0.05, 0.1) is 17.9 Å². The van der Waals surface area contributed by atoms with Crippen molar-refractivity contribution >= 4 is 27.5 Å². The van der Waals surface area contributed by atoms with Crippen LogP contribution in [0, 0.1) is 0 Å². The Morgan fingerprint density at radius 1 is 1.29 bits per heavy atom. The molecular formula is C17H22N2O4S. The van der Waals surface area contributed by atoms with Crippen LogP contribution in [0.4, 0.5) is 5.69 Å². The summed E-state index contributed by atoms with van der Waals surface area (Å²) in [6.45, 7) is 3.10. The highest BCUT2D eigenvalue weighted by Crippen LogP contribution is 2.35. The number of esters is 1. The van der Waals surface area contributed by atoms with Crippen LogP contribution in [0.5, 0.6) is 0 Å². The first kappa shape index (κ1) is 17.0. The summed E-state index contributed by atoms with van der Waals surface area (Å²) in [7, 11) is -3.77. The molecule has 3 rings (SSSR count). The standard InChI is InChI=1S/C17H22N2O4S/c1-2-3-11-23-17(20)13-8-9-14-15(12-13)24(21,22)18-16-7-5-4-6-10-19(14)16/h8-9,12H,2-7,10-11H2,1H3. The smallest absolute Gasteiger partial charge is 0.338 e. The number of nitrogens with zero attached hydrogens (tertiary/aromatic N) is 2. The number of benzene rings is 1. The molecule has 0 bridgehead atoms. The summed E-state index contributed by atoms with van der Waals surface area (Å²) in [5.41, 5.74) is 0.869. The van der Waals surface area contributed by atoms with Crippen LogP contribution in [-0.4, -0.2) is 33.4 Å². The molecule has 1 saturated heterocycles. The zero-order valence-electron chi connectivity index (χ0n) is 13.8. The quantitative estimate of drug-likeness (QED) is 0.616. The highest BCUT2D eigenvalue weighted by atomic mass is 32.2. The topological polar surface area (TPSA) is 76.0 Å². The molecule has 0 saturated carbocycles. The molecule has 2 heterocycles. The Bertz CT molecular complexity index is 771. The highest BCUT2D eigenvalue weighted by molar-refractivity contribution is 7.90. The van der Waals surface area contributed by atoms with E-state index in [0.29, 0.717) is 24.6 Å². The minimum absolute atomic E-state index is 0.0955. The minimum Gasteiger partial charge on any atom is -0.462 e. The van der Waals surface area contributed by atoms with Crippen LogP contribution in [0.3, 0.4) is 0 Å². The maximum absolute atomic E-state index is 12.5. The van der Waals surface area contributed by atoms with Crippen molar-refractivity contribution in [3.8, 4) is 0 Å². The summed E-state index contributed by atoms with van der Waals surface area (Å²) < 4.78 is 34.2. The number of carbonyl (C=O) groups is 1. The molecule has 0 amide bonds. The second-order valence-electron chi connectivity index (χ2n) is 6.12. The molecule has 2 aliphatic heterocycles. The molecule has 24 heavy (non-hydrogen) atoms. The van der Waals surface area contributed by atoms with Gasteiger partial charge in [0.15, 0.2) is 0 Å². The van der Waals surface area contributed by atoms with Gasteiger partial charge in [0, 0.05) is 13.0 Å². The van der Waals surface area contributed by atoms with Crippen molar-refractivity contribution in [1.29, 1.82) is 0 Å². The number of fused-ring (bicyclic) bond motifs is 3. The fourth-order valence-electron chi connectivity index (χ4n) is 3.00. The zero-order chi connectivity index (χ0) is 17.2. The van der Waals surface area contributed by atoms with E-state index >= 15 is 0 Å². The third kappa shape index (κ3) is 3.31. The van der Waals surface area contributed by atoms with Gasteiger partial charge in [-0.25, -0.2) is 4.79 Å². The first-order chi connectivity index (χ1) is 11.5. The lowest BCUT2D eigenvalue weighted by Gasteiger charge is -2.29. The summed E-state index contributed by atoms with van der Waals surface area (Å²) in [5, 5.41) is 0. The molecule has 0 spiro atoms. The number of carbonyl (C=O) groups excluding carboxylic acids is 1. The fraction of sp³-hybridized carbons (Fsp3) is 0.529. The maximum Gasteiger partial charge on any atom is 0.338 e. The number of anilines is 1. The SMILES string of the molecule is CCCCOC(=O)c1ccc2c(c1)S(=O)(=O)N=C1CCCCCN12. The Morgan fingerprint density at radius 3 is 2.92 bits per heavy atom. The molecule has 130 valence electrons. The van der Waals surface area contributed by atoms with Crippen LogP contribution < -0.4 is 4.90 Å². The number of ether oxygens (including phenoxy) is 1. The fourth-order valence-corrected chi connectivity index (χ4v) is 4.28. The van der Waals surface area contributed by atoms with E-state index in [9.17, 15) is 13.2 Å². The molecule has 1 fully saturated rings. The summed E-state index contributed by atoms with van der Waals surface area (Å²) >= 11 is 0. The average molecular weight is 350 g/mol. The van der Waals surface area contributed by atoms with Crippen LogP contribution in [0.25, 0.3) is 0 Å². The Kier molecular flexibility index (Phi) is 4.89. The van der Waals surface area contributed by atoms with Crippen molar-refractivity contribution < 1.29 is 17.9 Å². The molecule has 1 aromatic carbocycles. The molecular weight excluding hydrogens is 328 g/mol. The molecule has 0 radical (unpaired) electrons. The number of sulfonamides is 1. The summed E-state index contributed by atoms with van der Waals surface area (Å²) in [6.07, 6.45) is 5.39. The van der Waals surface area contributed by atoms with Gasteiger partial charge in [-0.2, -0.15) is 8.42 Å². The van der Waals surface area contributed by atoms with Gasteiger partial charge in [0.1, 0.15) is 10.7 Å². The summed E-state index contributed by atoms with van der Waals surface area (Å²) in [6, 6.07) is 4.73. The Balaban J connectivity index is 1.94. The van der Waals surface area contributed by atoms with E-state index in [1.807, 2.05) is 11.8 Å². The molecule has 0 aliphatic carbocycles. The molecule has 0 N–H and O–H groups in total. The predicted octanol–water partition coefficient (Wildman–Crippen LogP) is 3.12. The first-order valence-electron chi connectivity index (χ1n) is 8.45. The van der Waals surface area contributed by atoms with Gasteiger partial charge in [-0.05, 0) is 37.5 Å². The molecule has 6 nitrogen and oxygen atoms in total. The second-order valence-corrected chi connectivity index (χ2v) is 7.69. The molecule has 0 aromatic heterocycles. The monoisotopic (exact) mass is 350 g/mol. The number of amidine groups is 1. The lowest BCUT2D eigenvalue weighted by atomic mass is 10.2. The van der Waals surface area contributed by atoms with Crippen LogP contribution in [0.15, 0.2) is 27.5 Å². The molecule has 0 atom stereocenters. The van der Waals surface area contributed by atoms with Crippen molar-refractivity contribution in [1.82, 2.24) is 0 Å².